The van der Waals surface area contributed by atoms with Crippen molar-refractivity contribution in [1.82, 2.24) is 30.6 Å². The van der Waals surface area contributed by atoms with Crippen LogP contribution >= 0.6 is 0 Å². The van der Waals surface area contributed by atoms with E-state index in [1.165, 1.54) is 0 Å². The maximum absolute atomic E-state index is 8.49. The second-order valence-electron chi connectivity index (χ2n) is 6.41. The first-order valence-electron chi connectivity index (χ1n) is 9.75. The third-order valence-electron chi connectivity index (χ3n) is 3.61. The normalized spacial score (nSPS) is 11.6. The topological polar surface area (TPSA) is 197 Å². The predicted molar refractivity (Wildman–Crippen MR) is 106 cm³/mol. The number of nitrogens with zero attached hydrogens (tertiary/aromatic N) is 5. The van der Waals surface area contributed by atoms with E-state index < -0.39 is 10.2 Å². The van der Waals surface area contributed by atoms with Gasteiger partial charge in [-0.05, 0) is 45.5 Å². The number of rotatable bonds is 13. The van der Waals surface area contributed by atoms with Crippen molar-refractivity contribution in [1.29, 1.82) is 0 Å². The molecule has 0 aliphatic heterocycles. The van der Waals surface area contributed by atoms with Gasteiger partial charge in [0.25, 0.3) is 0 Å². The van der Waals surface area contributed by atoms with Crippen LogP contribution in [-0.4, -0.2) is 66.6 Å². The van der Waals surface area contributed by atoms with Crippen LogP contribution in [-0.2, 0) is 17.1 Å². The number of aromatic amines is 1. The van der Waals surface area contributed by atoms with Crippen LogP contribution < -0.4 is 34.3 Å². The number of aromatic nitrogens is 4. The molecule has 0 aromatic carbocycles. The molecule has 0 unspecified atom stereocenters. The maximum atomic E-state index is 8.49. The van der Waals surface area contributed by atoms with Gasteiger partial charge in [0, 0.05) is 44.8 Å². The van der Waals surface area contributed by atoms with Gasteiger partial charge in [0.2, 0.25) is 0 Å². The zero-order valence-electron chi connectivity index (χ0n) is 18.1. The number of imidazole rings is 2. The summed E-state index contributed by atoms with van der Waals surface area (Å²) in [5.41, 5.74) is 1.73. The van der Waals surface area contributed by atoms with Crippen LogP contribution in [0.3, 0.4) is 0 Å². The average molecular weight is 513 g/mol. The maximum Gasteiger partial charge on any atom is 4.00 e. The molecule has 0 atom stereocenters. The SMILES string of the molecule is Cc1ncc(C=NCCCNCCNCCCN=Cc2c[nH]c(C)n2)[n-]1.[Fe+4].[O-][Cl+3]([O-])([O-])[O-]. The van der Waals surface area contributed by atoms with Crippen molar-refractivity contribution in [2.45, 2.75) is 26.7 Å². The molecular weight excluding hydrogens is 484 g/mol. The molecule has 0 bridgehead atoms. The van der Waals surface area contributed by atoms with Crippen LogP contribution in [0.1, 0.15) is 35.9 Å². The molecule has 14 heteroatoms. The monoisotopic (exact) mass is 512 g/mol. The molecule has 12 nitrogen and oxygen atoms in total. The van der Waals surface area contributed by atoms with Crippen LogP contribution in [0.2, 0.25) is 0 Å². The first-order valence-corrected chi connectivity index (χ1v) is 11.0. The molecular formula is C18H29ClFeN8O4+2. The summed E-state index contributed by atoms with van der Waals surface area (Å²) >= 11 is 0. The van der Waals surface area contributed by atoms with E-state index >= 15 is 0 Å². The molecule has 0 saturated heterocycles. The molecule has 32 heavy (non-hydrogen) atoms. The summed E-state index contributed by atoms with van der Waals surface area (Å²) in [6.45, 7) is 9.31. The smallest absolute Gasteiger partial charge is 0.446 e. The van der Waals surface area contributed by atoms with Gasteiger partial charge in [-0.25, -0.2) is 23.6 Å². The van der Waals surface area contributed by atoms with Crippen LogP contribution in [0.4, 0.5) is 0 Å². The summed E-state index contributed by atoms with van der Waals surface area (Å²) < 4.78 is 34.0. The van der Waals surface area contributed by atoms with Crippen LogP contribution in [0, 0.1) is 24.1 Å². The van der Waals surface area contributed by atoms with Gasteiger partial charge < -0.3 is 25.6 Å². The Labute approximate surface area is 200 Å². The molecule has 2 rings (SSSR count). The summed E-state index contributed by atoms with van der Waals surface area (Å²) in [4.78, 5) is 24.3. The summed E-state index contributed by atoms with van der Waals surface area (Å²) in [7, 11) is -4.94. The first kappa shape index (κ1) is 30.3. The van der Waals surface area contributed by atoms with Gasteiger partial charge in [-0.1, -0.05) is 12.0 Å². The Morgan fingerprint density at radius 1 is 1.00 bits per heavy atom. The Morgan fingerprint density at radius 2 is 1.56 bits per heavy atom. The predicted octanol–water partition coefficient (Wildman–Crippen LogP) is -3.88. The summed E-state index contributed by atoms with van der Waals surface area (Å²) in [5, 5.41) is 6.82. The summed E-state index contributed by atoms with van der Waals surface area (Å²) in [6, 6.07) is 0. The Balaban J connectivity index is 0.00000144. The van der Waals surface area contributed by atoms with E-state index in [0.717, 1.165) is 75.1 Å². The minimum absolute atomic E-state index is 0. The van der Waals surface area contributed by atoms with Crippen molar-refractivity contribution >= 4 is 12.4 Å². The Hall–Kier alpha value is -1.67. The molecule has 0 radical (unpaired) electrons. The van der Waals surface area contributed by atoms with E-state index in [-0.39, 0.29) is 17.1 Å². The molecule has 2 heterocycles. The molecule has 0 spiro atoms. The van der Waals surface area contributed by atoms with Gasteiger partial charge >= 0.3 is 17.1 Å². The standard InChI is InChI=1S/C18H29N8.ClHO4.Fe/c1-15-23-13-17(25-15)11-21-7-3-5-19-9-10-20-6-4-8-22-12-18-14-24-16(2)26-18;2-1(3,4)5;/h11-14,19-20H,3-10H2,1-2H3,(H-,23,24,25,26);(H,2,3,4,5);/q-1;;+4/p-1. The molecule has 0 saturated carbocycles. The van der Waals surface area contributed by atoms with E-state index in [1.807, 2.05) is 26.3 Å². The largest absolute Gasteiger partial charge is 4.00 e. The van der Waals surface area contributed by atoms with E-state index in [1.54, 1.807) is 12.4 Å². The van der Waals surface area contributed by atoms with Gasteiger partial charge in [0.05, 0.1) is 5.69 Å². The zero-order valence-corrected chi connectivity index (χ0v) is 19.9. The number of aryl methyl sites for hydroxylation is 2. The average Bonchev–Trinajstić information content (AvgIpc) is 3.28. The molecule has 178 valence electrons. The molecule has 2 aromatic rings. The van der Waals surface area contributed by atoms with Gasteiger partial charge in [0.15, 0.2) is 0 Å². The molecule has 0 aliphatic carbocycles. The number of halogens is 1. The van der Waals surface area contributed by atoms with Crippen molar-refractivity contribution in [3.8, 4) is 0 Å². The Bertz CT molecular complexity index is 715. The van der Waals surface area contributed by atoms with Gasteiger partial charge in [-0.15, -0.1) is 10.2 Å². The van der Waals surface area contributed by atoms with E-state index in [4.69, 9.17) is 18.6 Å². The second-order valence-corrected chi connectivity index (χ2v) is 7.16. The molecule has 0 aliphatic rings. The summed E-state index contributed by atoms with van der Waals surface area (Å²) in [6.07, 6.45) is 9.26. The van der Waals surface area contributed by atoms with Gasteiger partial charge in [-0.3, -0.25) is 9.98 Å². The minimum atomic E-state index is -4.94. The van der Waals surface area contributed by atoms with E-state index in [9.17, 15) is 0 Å². The van der Waals surface area contributed by atoms with Crippen LogP contribution in [0.15, 0.2) is 22.4 Å². The Morgan fingerprint density at radius 3 is 2.03 bits per heavy atom. The minimum Gasteiger partial charge on any atom is -0.446 e. The number of nitrogens with one attached hydrogen (secondary N) is 3. The van der Waals surface area contributed by atoms with Gasteiger partial charge in [-0.2, -0.15) is 0 Å². The number of aliphatic imine (C=N–C) groups is 2. The van der Waals surface area contributed by atoms with Crippen LogP contribution in [0.5, 0.6) is 0 Å². The van der Waals surface area contributed by atoms with Crippen molar-refractivity contribution in [2.24, 2.45) is 9.98 Å². The summed E-state index contributed by atoms with van der Waals surface area (Å²) in [5.74, 6) is 1.71. The quantitative estimate of drug-likeness (QED) is 0.136. The number of H-pyrrole nitrogens is 1. The van der Waals surface area contributed by atoms with Crippen molar-refractivity contribution < 1.29 is 45.9 Å². The number of hydrogen-bond donors (Lipinski definition) is 3. The fourth-order valence-electron chi connectivity index (χ4n) is 2.30. The zero-order chi connectivity index (χ0) is 23.0. The first-order chi connectivity index (χ1) is 14.7. The van der Waals surface area contributed by atoms with Gasteiger partial charge in [0.1, 0.15) is 5.82 Å². The van der Waals surface area contributed by atoms with Crippen molar-refractivity contribution in [3.05, 3.63) is 35.4 Å². The molecule has 2 aromatic heterocycles. The van der Waals surface area contributed by atoms with Crippen molar-refractivity contribution in [3.63, 3.8) is 0 Å². The fraction of sp³-hybridized carbons (Fsp3) is 0.556. The van der Waals surface area contributed by atoms with E-state index in [2.05, 4.69) is 40.6 Å². The second kappa shape index (κ2) is 17.8. The fourth-order valence-corrected chi connectivity index (χ4v) is 2.30. The molecule has 3 N–H and O–H groups in total. The molecule has 0 fully saturated rings. The van der Waals surface area contributed by atoms with Crippen LogP contribution in [0.25, 0.3) is 0 Å². The Kier molecular flexibility index (Phi) is 16.9. The number of hydrogen-bond acceptors (Lipinski definition) is 10. The van der Waals surface area contributed by atoms with Crippen molar-refractivity contribution in [2.75, 3.05) is 39.3 Å². The molecule has 0 amide bonds. The third-order valence-corrected chi connectivity index (χ3v) is 3.61. The van der Waals surface area contributed by atoms with E-state index in [0.29, 0.717) is 0 Å². The third kappa shape index (κ3) is 19.0.